The van der Waals surface area contributed by atoms with Gasteiger partial charge in [-0.05, 0) is 30.4 Å². The van der Waals surface area contributed by atoms with E-state index in [4.69, 9.17) is 14.6 Å². The molecule has 1 N–H and O–H groups in total. The fraction of sp³-hybridized carbons (Fsp3) is 0.684. The molecule has 0 bridgehead atoms. The maximum atomic E-state index is 11.8. The van der Waals surface area contributed by atoms with E-state index in [1.807, 2.05) is 11.3 Å². The Balaban J connectivity index is 0.000000298. The van der Waals surface area contributed by atoms with Crippen molar-refractivity contribution in [1.82, 2.24) is 9.80 Å². The number of nitrogens with zero attached hydrogens (tertiary/aromatic N) is 2. The Morgan fingerprint density at radius 2 is 2.10 bits per heavy atom. The van der Waals surface area contributed by atoms with Crippen LogP contribution < -0.4 is 0 Å². The molecule has 6 nitrogen and oxygen atoms in total. The lowest BCUT2D eigenvalue weighted by atomic mass is 9.93. The number of fused-ring (bicyclic) bond motifs is 1. The lowest BCUT2D eigenvalue weighted by Gasteiger charge is -2.24. The second kappa shape index (κ2) is 9.01. The molecule has 3 fully saturated rings. The van der Waals surface area contributed by atoms with Gasteiger partial charge in [0.2, 0.25) is 5.91 Å². The number of rotatable bonds is 4. The fourth-order valence-electron chi connectivity index (χ4n) is 4.15. The number of alkyl halides is 3. The van der Waals surface area contributed by atoms with Crippen LogP contribution in [-0.4, -0.2) is 71.8 Å². The number of carboxylic acid groups (broad SMARTS) is 1. The van der Waals surface area contributed by atoms with Crippen LogP contribution in [0.4, 0.5) is 13.2 Å². The maximum absolute atomic E-state index is 11.8. The third kappa shape index (κ3) is 5.49. The van der Waals surface area contributed by atoms with Crippen molar-refractivity contribution in [3.63, 3.8) is 0 Å². The van der Waals surface area contributed by atoms with Crippen LogP contribution in [0, 0.1) is 18.8 Å². The number of amides is 1. The van der Waals surface area contributed by atoms with Crippen molar-refractivity contribution in [1.29, 1.82) is 0 Å². The lowest BCUT2D eigenvalue weighted by molar-refractivity contribution is -0.192. The molecular formula is C19H25F3N2O4S. The van der Waals surface area contributed by atoms with Crippen LogP contribution in [0.15, 0.2) is 11.4 Å². The van der Waals surface area contributed by atoms with E-state index < -0.39 is 12.1 Å². The van der Waals surface area contributed by atoms with Gasteiger partial charge in [0.05, 0.1) is 12.7 Å². The van der Waals surface area contributed by atoms with E-state index >= 15 is 0 Å². The monoisotopic (exact) mass is 434 g/mol. The van der Waals surface area contributed by atoms with Gasteiger partial charge in [0.15, 0.2) is 0 Å². The van der Waals surface area contributed by atoms with E-state index in [0.29, 0.717) is 23.8 Å². The Kier molecular flexibility index (Phi) is 6.85. The van der Waals surface area contributed by atoms with E-state index in [-0.39, 0.29) is 0 Å². The number of thiophene rings is 1. The minimum Gasteiger partial charge on any atom is -0.475 e. The Morgan fingerprint density at radius 1 is 1.38 bits per heavy atom. The van der Waals surface area contributed by atoms with Gasteiger partial charge in [-0.3, -0.25) is 9.69 Å². The Labute approximate surface area is 171 Å². The summed E-state index contributed by atoms with van der Waals surface area (Å²) in [4.78, 5) is 26.8. The number of aliphatic carboxylic acids is 1. The average molecular weight is 434 g/mol. The zero-order chi connectivity index (χ0) is 21.2. The van der Waals surface area contributed by atoms with Crippen LogP contribution in [-0.2, 0) is 20.9 Å². The van der Waals surface area contributed by atoms with Crippen LogP contribution in [0.25, 0.3) is 0 Å². The summed E-state index contributed by atoms with van der Waals surface area (Å²) < 4.78 is 37.8. The molecule has 10 heteroatoms. The number of carbonyl (C=O) groups is 2. The number of aryl methyl sites for hydroxylation is 1. The summed E-state index contributed by atoms with van der Waals surface area (Å²) in [5.74, 6) is -1.28. The molecule has 0 radical (unpaired) electrons. The fourth-order valence-corrected chi connectivity index (χ4v) is 5.09. The smallest absolute Gasteiger partial charge is 0.475 e. The van der Waals surface area contributed by atoms with Crippen molar-refractivity contribution in [2.75, 3.05) is 32.8 Å². The molecule has 0 saturated carbocycles. The first kappa shape index (κ1) is 22.0. The van der Waals surface area contributed by atoms with E-state index in [9.17, 15) is 18.0 Å². The quantitative estimate of drug-likeness (QED) is 0.789. The molecule has 1 amide bonds. The first-order chi connectivity index (χ1) is 13.6. The van der Waals surface area contributed by atoms with Crippen molar-refractivity contribution < 1.29 is 32.6 Å². The minimum atomic E-state index is -5.08. The molecule has 0 unspecified atom stereocenters. The summed E-state index contributed by atoms with van der Waals surface area (Å²) in [5, 5.41) is 9.31. The molecule has 3 atom stereocenters. The summed E-state index contributed by atoms with van der Waals surface area (Å²) in [6.07, 6.45) is -2.93. The molecular weight excluding hydrogens is 409 g/mol. The second-order valence-corrected chi connectivity index (χ2v) is 8.76. The number of hydrogen-bond donors (Lipinski definition) is 1. The Bertz CT molecular complexity index is 739. The van der Waals surface area contributed by atoms with E-state index in [2.05, 4.69) is 28.2 Å². The minimum absolute atomic E-state index is 0.340. The lowest BCUT2D eigenvalue weighted by Crippen LogP contribution is -2.35. The second-order valence-electron chi connectivity index (χ2n) is 7.76. The topological polar surface area (TPSA) is 70.1 Å². The van der Waals surface area contributed by atoms with Crippen molar-refractivity contribution in [2.45, 2.75) is 38.6 Å². The third-order valence-electron chi connectivity index (χ3n) is 5.72. The van der Waals surface area contributed by atoms with Crippen LogP contribution in [0.2, 0.25) is 0 Å². The highest BCUT2D eigenvalue weighted by Gasteiger charge is 2.44. The van der Waals surface area contributed by atoms with Gasteiger partial charge in [0.1, 0.15) is 0 Å². The molecule has 1 aromatic heterocycles. The first-order valence-corrected chi connectivity index (χ1v) is 10.5. The average Bonchev–Trinajstić information content (AvgIpc) is 3.38. The van der Waals surface area contributed by atoms with Gasteiger partial charge in [-0.25, -0.2) is 4.79 Å². The highest BCUT2D eigenvalue weighted by Crippen LogP contribution is 2.36. The number of ether oxygens (including phenoxy) is 1. The summed E-state index contributed by atoms with van der Waals surface area (Å²) in [6, 6.07) is 2.20. The van der Waals surface area contributed by atoms with Gasteiger partial charge in [0.25, 0.3) is 0 Å². The normalized spacial score (nSPS) is 27.1. The van der Waals surface area contributed by atoms with Crippen molar-refractivity contribution >= 4 is 23.2 Å². The standard InChI is InChI=1S/C17H24N2O2S.C2HF3O2/c1-12-4-6-22-16(12)10-18-8-14-13(11-21-15(14)9-18)7-19-5-2-3-17(19)20;3-2(4,5)1(6)7/h4,6,13-15H,2-3,5,7-11H2,1H3;(H,6,7)/t13-,14-,15-;/m1./s1. The number of carbonyl (C=O) groups excluding carboxylic acids is 1. The molecule has 4 rings (SSSR count). The van der Waals surface area contributed by atoms with Crippen molar-refractivity contribution in [3.8, 4) is 0 Å². The first-order valence-electron chi connectivity index (χ1n) is 9.60. The summed E-state index contributed by atoms with van der Waals surface area (Å²) in [6.45, 7) is 8.11. The van der Waals surface area contributed by atoms with Crippen LogP contribution in [0.5, 0.6) is 0 Å². The van der Waals surface area contributed by atoms with Crippen LogP contribution >= 0.6 is 11.3 Å². The molecule has 3 aliphatic heterocycles. The van der Waals surface area contributed by atoms with Gasteiger partial charge >= 0.3 is 12.1 Å². The molecule has 0 aromatic carbocycles. The van der Waals surface area contributed by atoms with Gasteiger partial charge in [-0.2, -0.15) is 13.2 Å². The molecule has 3 saturated heterocycles. The van der Waals surface area contributed by atoms with Gasteiger partial charge in [-0.1, -0.05) is 0 Å². The highest BCUT2D eigenvalue weighted by molar-refractivity contribution is 7.10. The van der Waals surface area contributed by atoms with Crippen LogP contribution in [0.1, 0.15) is 23.3 Å². The molecule has 4 heterocycles. The molecule has 1 aromatic rings. The van der Waals surface area contributed by atoms with Crippen molar-refractivity contribution in [2.24, 2.45) is 11.8 Å². The van der Waals surface area contributed by atoms with E-state index in [1.54, 1.807) is 0 Å². The van der Waals surface area contributed by atoms with Gasteiger partial charge < -0.3 is 14.7 Å². The number of hydrogen-bond acceptors (Lipinski definition) is 5. The number of halogens is 3. The molecule has 0 aliphatic carbocycles. The molecule has 0 spiro atoms. The third-order valence-corrected chi connectivity index (χ3v) is 6.73. The van der Waals surface area contributed by atoms with Gasteiger partial charge in [-0.15, -0.1) is 11.3 Å². The zero-order valence-electron chi connectivity index (χ0n) is 16.2. The predicted molar refractivity (Wildman–Crippen MR) is 101 cm³/mol. The highest BCUT2D eigenvalue weighted by atomic mass is 32.1. The molecule has 3 aliphatic rings. The Morgan fingerprint density at radius 3 is 2.66 bits per heavy atom. The summed E-state index contributed by atoms with van der Waals surface area (Å²) >= 11 is 1.86. The number of carboxylic acids is 1. The van der Waals surface area contributed by atoms with E-state index in [0.717, 1.165) is 52.2 Å². The zero-order valence-corrected chi connectivity index (χ0v) is 17.0. The largest absolute Gasteiger partial charge is 0.490 e. The molecule has 162 valence electrons. The number of likely N-dealkylation sites (tertiary alicyclic amines) is 2. The predicted octanol–water partition coefficient (Wildman–Crippen LogP) is 2.76. The van der Waals surface area contributed by atoms with E-state index in [1.165, 1.54) is 10.4 Å². The van der Waals surface area contributed by atoms with Crippen molar-refractivity contribution in [3.05, 3.63) is 21.9 Å². The summed E-state index contributed by atoms with van der Waals surface area (Å²) in [7, 11) is 0. The maximum Gasteiger partial charge on any atom is 0.490 e. The van der Waals surface area contributed by atoms with Gasteiger partial charge in [0, 0.05) is 55.9 Å². The van der Waals surface area contributed by atoms with Crippen LogP contribution in [0.3, 0.4) is 0 Å². The molecule has 29 heavy (non-hydrogen) atoms. The summed E-state index contributed by atoms with van der Waals surface area (Å²) in [5.41, 5.74) is 1.40. The Hall–Kier alpha value is -1.65. The SMILES string of the molecule is Cc1ccsc1CN1C[C@@H]2[C@H](CN3CCCC3=O)CO[C@@H]2C1.O=C(O)C(F)(F)F.